The predicted molar refractivity (Wildman–Crippen MR) is 168 cm³/mol. The third-order valence-corrected chi connectivity index (χ3v) is 7.22. The van der Waals surface area contributed by atoms with Crippen molar-refractivity contribution in [2.75, 3.05) is 0 Å². The van der Waals surface area contributed by atoms with E-state index in [-0.39, 0.29) is 60.0 Å². The van der Waals surface area contributed by atoms with Gasteiger partial charge in [0.2, 0.25) is 0 Å². The van der Waals surface area contributed by atoms with Gasteiger partial charge >= 0.3 is 0 Å². The van der Waals surface area contributed by atoms with E-state index in [9.17, 15) is 42.9 Å². The number of aromatic nitrogens is 7. The topological polar surface area (TPSA) is 211 Å². The molecule has 17 heteroatoms. The Morgan fingerprint density at radius 1 is 0.638 bits per heavy atom. The van der Waals surface area contributed by atoms with E-state index in [1.54, 1.807) is 25.3 Å². The van der Waals surface area contributed by atoms with E-state index in [2.05, 4.69) is 50.8 Å². The first-order valence-electron chi connectivity index (χ1n) is 13.1. The first-order chi connectivity index (χ1) is 22.4. The molecule has 0 fully saturated rings. The number of hydrogen-bond acceptors (Lipinski definition) is 10. The fourth-order valence-corrected chi connectivity index (χ4v) is 4.88. The van der Waals surface area contributed by atoms with Gasteiger partial charge in [0.05, 0.1) is 23.5 Å². The molecule has 0 aliphatic rings. The van der Waals surface area contributed by atoms with Crippen LogP contribution in [0.3, 0.4) is 0 Å². The van der Waals surface area contributed by atoms with Gasteiger partial charge in [0.15, 0.2) is 5.82 Å². The second-order valence-corrected chi connectivity index (χ2v) is 10.4. The van der Waals surface area contributed by atoms with Crippen molar-refractivity contribution in [3.63, 3.8) is 0 Å². The highest BCUT2D eigenvalue weighted by atomic mass is 79.9. The van der Waals surface area contributed by atoms with E-state index < -0.39 is 34.1 Å². The summed E-state index contributed by atoms with van der Waals surface area (Å²) in [5.74, 6) is -2.83. The van der Waals surface area contributed by atoms with Gasteiger partial charge in [-0.1, -0.05) is 6.07 Å². The number of fused-ring (bicyclic) bond motifs is 3. The highest BCUT2D eigenvalue weighted by molar-refractivity contribution is 9.10. The molecule has 0 atom stereocenters. The predicted octanol–water partition coefficient (Wildman–Crippen LogP) is 4.44. The SMILES string of the molecule is Cc1ncccc1-c1cc(O)c2nc[nH]c(=O)c2c1F.O=c1[nH]cnc2c(O)cc(Br)c(F)c12.O=c1[nH]cnc2c(O)ccc(F)c12. The lowest BCUT2D eigenvalue weighted by molar-refractivity contribution is 0.478. The average Bonchev–Trinajstić information content (AvgIpc) is 3.04. The first-order valence-corrected chi connectivity index (χ1v) is 13.9. The Morgan fingerprint density at radius 3 is 1.70 bits per heavy atom. The molecule has 0 aliphatic heterocycles. The van der Waals surface area contributed by atoms with E-state index in [1.807, 2.05) is 0 Å². The van der Waals surface area contributed by atoms with Crippen LogP contribution in [0, 0.1) is 24.4 Å². The molecule has 0 saturated heterocycles. The Labute approximate surface area is 267 Å². The van der Waals surface area contributed by atoms with Crippen LogP contribution in [0.1, 0.15) is 5.69 Å². The summed E-state index contributed by atoms with van der Waals surface area (Å²) in [5.41, 5.74) is -0.738. The molecule has 3 aromatic carbocycles. The highest BCUT2D eigenvalue weighted by Gasteiger charge is 2.18. The van der Waals surface area contributed by atoms with Gasteiger partial charge in [-0.25, -0.2) is 28.1 Å². The number of halogens is 4. The average molecular weight is 710 g/mol. The smallest absolute Gasteiger partial charge is 0.261 e. The summed E-state index contributed by atoms with van der Waals surface area (Å²) in [6.07, 6.45) is 4.94. The highest BCUT2D eigenvalue weighted by Crippen LogP contribution is 2.33. The van der Waals surface area contributed by atoms with Crippen LogP contribution < -0.4 is 16.7 Å². The van der Waals surface area contributed by atoms with Gasteiger partial charge < -0.3 is 30.3 Å². The lowest BCUT2D eigenvalue weighted by atomic mass is 10.0. The Bertz CT molecular complexity index is 2510. The van der Waals surface area contributed by atoms with Crippen LogP contribution >= 0.6 is 15.9 Å². The molecule has 0 radical (unpaired) electrons. The summed E-state index contributed by atoms with van der Waals surface area (Å²) in [6.45, 7) is 1.73. The summed E-state index contributed by atoms with van der Waals surface area (Å²) >= 11 is 2.89. The molecule has 238 valence electrons. The van der Waals surface area contributed by atoms with Crippen LogP contribution in [0.5, 0.6) is 17.2 Å². The zero-order valence-electron chi connectivity index (χ0n) is 23.6. The molecule has 4 aromatic heterocycles. The van der Waals surface area contributed by atoms with Gasteiger partial charge in [0, 0.05) is 23.0 Å². The van der Waals surface area contributed by atoms with Gasteiger partial charge in [-0.3, -0.25) is 19.4 Å². The monoisotopic (exact) mass is 709 g/mol. The summed E-state index contributed by atoms with van der Waals surface area (Å²) in [6, 6.07) is 7.93. The largest absolute Gasteiger partial charge is 0.506 e. The molecule has 0 saturated carbocycles. The van der Waals surface area contributed by atoms with E-state index >= 15 is 0 Å². The molecule has 0 unspecified atom stereocenters. The second kappa shape index (κ2) is 13.1. The number of phenols is 3. The molecule has 0 spiro atoms. The normalized spacial score (nSPS) is 10.7. The number of phenolic OH excluding ortho intramolecular Hbond substituents is 3. The number of H-pyrrole nitrogens is 3. The summed E-state index contributed by atoms with van der Waals surface area (Å²) in [7, 11) is 0. The molecule has 0 bridgehead atoms. The zero-order chi connectivity index (χ0) is 34.0. The van der Waals surface area contributed by atoms with Crippen LogP contribution in [-0.2, 0) is 0 Å². The van der Waals surface area contributed by atoms with Gasteiger partial charge in [-0.05, 0) is 53.2 Å². The standard InChI is InChI=1S/C14H10FN3O2.C8H4BrFN2O2.C8H5FN2O2/c1-7-8(3-2-4-16-7)9-5-10(19)13-11(12(9)15)14(20)18-6-17-13;9-3-1-4(13)7-5(6(3)10)8(14)12-2-11-7;9-4-1-2-5(12)7-6(4)8(13)11-3-10-7/h2-6,19H,1H3,(H,17,18,20);1-2,13H,(H,11,12,14);1-3,12H,(H,10,11,13). The second-order valence-electron chi connectivity index (χ2n) is 9.52. The Kier molecular flexibility index (Phi) is 9.00. The van der Waals surface area contributed by atoms with Crippen molar-refractivity contribution in [1.82, 2.24) is 34.9 Å². The fourth-order valence-electron chi connectivity index (χ4n) is 4.46. The lowest BCUT2D eigenvalue weighted by Gasteiger charge is -2.09. The number of hydrogen-bond donors (Lipinski definition) is 6. The number of benzene rings is 3. The third-order valence-electron chi connectivity index (χ3n) is 6.64. The Hall–Kier alpha value is -6.10. The zero-order valence-corrected chi connectivity index (χ0v) is 25.2. The van der Waals surface area contributed by atoms with Crippen LogP contribution in [0.4, 0.5) is 13.2 Å². The third kappa shape index (κ3) is 6.23. The van der Waals surface area contributed by atoms with Crippen LogP contribution in [-0.4, -0.2) is 50.2 Å². The molecular formula is C30H19BrF3N7O6. The van der Waals surface area contributed by atoms with Crippen molar-refractivity contribution < 1.29 is 28.5 Å². The van der Waals surface area contributed by atoms with E-state index in [0.717, 1.165) is 37.2 Å². The van der Waals surface area contributed by atoms with Crippen molar-refractivity contribution >= 4 is 48.6 Å². The fraction of sp³-hybridized carbons (Fsp3) is 0.0333. The molecule has 0 amide bonds. The van der Waals surface area contributed by atoms with Gasteiger partial charge in [-0.15, -0.1) is 0 Å². The van der Waals surface area contributed by atoms with Crippen LogP contribution in [0.15, 0.2) is 80.4 Å². The van der Waals surface area contributed by atoms with Crippen LogP contribution in [0.25, 0.3) is 43.8 Å². The molecule has 0 aliphatic carbocycles. The Balaban J connectivity index is 0.000000143. The molecule has 4 heterocycles. The number of nitrogens with one attached hydrogen (secondary N) is 3. The van der Waals surface area contributed by atoms with E-state index in [0.29, 0.717) is 11.3 Å². The number of rotatable bonds is 1. The Morgan fingerprint density at radius 2 is 1.15 bits per heavy atom. The summed E-state index contributed by atoms with van der Waals surface area (Å²) < 4.78 is 41.1. The van der Waals surface area contributed by atoms with Crippen molar-refractivity contribution in [2.45, 2.75) is 6.92 Å². The number of aromatic amines is 3. The van der Waals surface area contributed by atoms with E-state index in [4.69, 9.17) is 0 Å². The van der Waals surface area contributed by atoms with Gasteiger partial charge in [0.25, 0.3) is 16.7 Å². The number of aryl methyl sites for hydroxylation is 1. The first kappa shape index (κ1) is 32.3. The summed E-state index contributed by atoms with van der Waals surface area (Å²) in [5, 5.41) is 27.8. The molecule has 47 heavy (non-hydrogen) atoms. The maximum atomic E-state index is 14.6. The van der Waals surface area contributed by atoms with Crippen molar-refractivity contribution in [3.05, 3.63) is 120 Å². The van der Waals surface area contributed by atoms with Crippen LogP contribution in [0.2, 0.25) is 0 Å². The van der Waals surface area contributed by atoms with Crippen molar-refractivity contribution in [1.29, 1.82) is 0 Å². The quantitative estimate of drug-likeness (QED) is 0.141. The summed E-state index contributed by atoms with van der Waals surface area (Å²) in [4.78, 5) is 56.1. The van der Waals surface area contributed by atoms with Gasteiger partial charge in [0.1, 0.15) is 61.6 Å². The number of pyridine rings is 1. The molecule has 6 N–H and O–H groups in total. The maximum absolute atomic E-state index is 14.6. The maximum Gasteiger partial charge on any atom is 0.261 e. The minimum Gasteiger partial charge on any atom is -0.506 e. The molecule has 7 aromatic rings. The number of nitrogens with zero attached hydrogens (tertiary/aromatic N) is 4. The minimum atomic E-state index is -0.729. The van der Waals surface area contributed by atoms with Crippen molar-refractivity contribution in [2.24, 2.45) is 0 Å². The number of aromatic hydroxyl groups is 3. The minimum absolute atomic E-state index is 0.0243. The van der Waals surface area contributed by atoms with Crippen molar-refractivity contribution in [3.8, 4) is 28.4 Å². The molecule has 7 rings (SSSR count). The molecule has 13 nitrogen and oxygen atoms in total. The lowest BCUT2D eigenvalue weighted by Crippen LogP contribution is -2.09. The molecular weight excluding hydrogens is 691 g/mol. The van der Waals surface area contributed by atoms with Gasteiger partial charge in [-0.2, -0.15) is 0 Å². The van der Waals surface area contributed by atoms with E-state index in [1.165, 1.54) is 6.07 Å².